The Labute approximate surface area is 126 Å². The molecule has 0 unspecified atom stereocenters. The number of carbonyl (C=O) groups excluding carboxylic acids is 1. The Hall–Kier alpha value is -2.13. The van der Waals surface area contributed by atoms with Gasteiger partial charge in [-0.15, -0.1) is 0 Å². The van der Waals surface area contributed by atoms with Gasteiger partial charge in [0.05, 0.1) is 12.5 Å². The maximum atomic E-state index is 12.5. The smallest absolute Gasteiger partial charge is 0.231 e. The van der Waals surface area contributed by atoms with Crippen LogP contribution in [0.4, 0.5) is 5.69 Å². The number of amides is 1. The van der Waals surface area contributed by atoms with Crippen LogP contribution in [0.1, 0.15) is 30.4 Å². The number of hydrogen-bond donors (Lipinski definition) is 1. The molecule has 0 saturated carbocycles. The minimum Gasteiger partial charge on any atom is -0.380 e. The highest BCUT2D eigenvalue weighted by Gasteiger charge is 2.18. The summed E-state index contributed by atoms with van der Waals surface area (Å²) < 4.78 is 5.11. The Morgan fingerprint density at radius 3 is 2.57 bits per heavy atom. The van der Waals surface area contributed by atoms with E-state index in [9.17, 15) is 4.79 Å². The van der Waals surface area contributed by atoms with Crippen LogP contribution in [-0.2, 0) is 16.1 Å². The molecular weight excluding hydrogens is 262 g/mol. The summed E-state index contributed by atoms with van der Waals surface area (Å²) in [5, 5.41) is 3.00. The molecule has 0 bridgehead atoms. The van der Waals surface area contributed by atoms with Gasteiger partial charge in [0, 0.05) is 12.8 Å². The van der Waals surface area contributed by atoms with E-state index >= 15 is 0 Å². The molecule has 0 saturated heterocycles. The fourth-order valence-corrected chi connectivity index (χ4v) is 2.39. The maximum Gasteiger partial charge on any atom is 0.231 e. The summed E-state index contributed by atoms with van der Waals surface area (Å²) in [5.74, 6) is -0.101. The third-order valence-corrected chi connectivity index (χ3v) is 3.43. The third kappa shape index (κ3) is 4.17. The summed E-state index contributed by atoms with van der Waals surface area (Å²) in [4.78, 5) is 12.5. The monoisotopic (exact) mass is 283 g/mol. The highest BCUT2D eigenvalue weighted by molar-refractivity contribution is 5.95. The van der Waals surface area contributed by atoms with Gasteiger partial charge in [0.25, 0.3) is 0 Å². The zero-order valence-corrected chi connectivity index (χ0v) is 12.5. The Kier molecular flexibility index (Phi) is 5.52. The first-order valence-electron chi connectivity index (χ1n) is 7.18. The molecule has 0 aliphatic heterocycles. The molecule has 0 aliphatic carbocycles. The summed E-state index contributed by atoms with van der Waals surface area (Å²) in [6, 6.07) is 17.6. The number of anilines is 1. The molecule has 0 radical (unpaired) electrons. The lowest BCUT2D eigenvalue weighted by Crippen LogP contribution is -2.20. The normalized spacial score (nSPS) is 11.9. The van der Waals surface area contributed by atoms with Crippen molar-refractivity contribution in [2.45, 2.75) is 25.9 Å². The van der Waals surface area contributed by atoms with Gasteiger partial charge in [0.2, 0.25) is 5.91 Å². The van der Waals surface area contributed by atoms with Crippen LogP contribution in [0.3, 0.4) is 0 Å². The molecule has 3 heteroatoms. The van der Waals surface area contributed by atoms with Crippen LogP contribution in [0, 0.1) is 0 Å². The molecule has 0 aromatic heterocycles. The van der Waals surface area contributed by atoms with Crippen molar-refractivity contribution < 1.29 is 9.53 Å². The van der Waals surface area contributed by atoms with Crippen LogP contribution in [0.2, 0.25) is 0 Å². The third-order valence-electron chi connectivity index (χ3n) is 3.43. The standard InChI is InChI=1S/C18H21NO2/c1-3-17(15-9-5-4-6-10-15)18(20)19-16-11-7-8-14(12-16)13-21-2/h4-12,17H,3,13H2,1-2H3,(H,19,20)/t17-/m1/s1. The fraction of sp³-hybridized carbons (Fsp3) is 0.278. The molecule has 0 heterocycles. The van der Waals surface area contributed by atoms with Crippen LogP contribution in [0.15, 0.2) is 54.6 Å². The van der Waals surface area contributed by atoms with Crippen LogP contribution < -0.4 is 5.32 Å². The summed E-state index contributed by atoms with van der Waals surface area (Å²) in [5.41, 5.74) is 2.90. The average molecular weight is 283 g/mol. The van der Waals surface area contributed by atoms with E-state index < -0.39 is 0 Å². The number of ether oxygens (including phenoxy) is 1. The van der Waals surface area contributed by atoms with Gasteiger partial charge in [-0.3, -0.25) is 4.79 Å². The molecule has 0 aliphatic rings. The molecule has 3 nitrogen and oxygen atoms in total. The van der Waals surface area contributed by atoms with Crippen molar-refractivity contribution in [3.8, 4) is 0 Å². The number of methoxy groups -OCH3 is 1. The second-order valence-electron chi connectivity index (χ2n) is 4.99. The number of rotatable bonds is 6. The highest BCUT2D eigenvalue weighted by Crippen LogP contribution is 2.22. The van der Waals surface area contributed by atoms with E-state index in [0.717, 1.165) is 23.2 Å². The van der Waals surface area contributed by atoms with Crippen molar-refractivity contribution in [2.75, 3.05) is 12.4 Å². The second kappa shape index (κ2) is 7.60. The molecular formula is C18H21NO2. The van der Waals surface area contributed by atoms with Crippen molar-refractivity contribution in [3.63, 3.8) is 0 Å². The van der Waals surface area contributed by atoms with Crippen LogP contribution in [0.25, 0.3) is 0 Å². The van der Waals surface area contributed by atoms with Gasteiger partial charge >= 0.3 is 0 Å². The first-order chi connectivity index (χ1) is 10.2. The lowest BCUT2D eigenvalue weighted by atomic mass is 9.95. The quantitative estimate of drug-likeness (QED) is 0.871. The molecule has 0 spiro atoms. The first kappa shape index (κ1) is 15.3. The van der Waals surface area contributed by atoms with Gasteiger partial charge < -0.3 is 10.1 Å². The Morgan fingerprint density at radius 2 is 1.90 bits per heavy atom. The Balaban J connectivity index is 2.11. The van der Waals surface area contributed by atoms with Gasteiger partial charge in [-0.25, -0.2) is 0 Å². The average Bonchev–Trinajstić information content (AvgIpc) is 2.50. The van der Waals surface area contributed by atoms with Gasteiger partial charge in [-0.1, -0.05) is 49.4 Å². The van der Waals surface area contributed by atoms with E-state index in [1.54, 1.807) is 7.11 Å². The number of hydrogen-bond acceptors (Lipinski definition) is 2. The summed E-state index contributed by atoms with van der Waals surface area (Å²) in [7, 11) is 1.66. The van der Waals surface area contributed by atoms with E-state index in [2.05, 4.69) is 5.32 Å². The maximum absolute atomic E-state index is 12.5. The number of nitrogens with one attached hydrogen (secondary N) is 1. The Bertz CT molecular complexity index is 581. The summed E-state index contributed by atoms with van der Waals surface area (Å²) in [6.45, 7) is 2.57. The van der Waals surface area contributed by atoms with Crippen LogP contribution in [0.5, 0.6) is 0 Å². The van der Waals surface area contributed by atoms with Gasteiger partial charge in [0.15, 0.2) is 0 Å². The molecule has 2 aromatic carbocycles. The molecule has 1 amide bonds. The minimum atomic E-state index is -0.128. The molecule has 21 heavy (non-hydrogen) atoms. The van der Waals surface area contributed by atoms with E-state index in [-0.39, 0.29) is 11.8 Å². The van der Waals surface area contributed by atoms with Crippen molar-refractivity contribution in [1.29, 1.82) is 0 Å². The van der Waals surface area contributed by atoms with Crippen LogP contribution in [-0.4, -0.2) is 13.0 Å². The van der Waals surface area contributed by atoms with Crippen molar-refractivity contribution in [1.82, 2.24) is 0 Å². The Morgan fingerprint density at radius 1 is 1.14 bits per heavy atom. The molecule has 2 rings (SSSR count). The number of carbonyl (C=O) groups is 1. The summed E-state index contributed by atoms with van der Waals surface area (Å²) in [6.07, 6.45) is 0.771. The zero-order chi connectivity index (χ0) is 15.1. The zero-order valence-electron chi connectivity index (χ0n) is 12.5. The molecule has 0 fully saturated rings. The largest absolute Gasteiger partial charge is 0.380 e. The van der Waals surface area contributed by atoms with Crippen molar-refractivity contribution in [3.05, 3.63) is 65.7 Å². The van der Waals surface area contributed by atoms with E-state index in [4.69, 9.17) is 4.74 Å². The highest BCUT2D eigenvalue weighted by atomic mass is 16.5. The second-order valence-corrected chi connectivity index (χ2v) is 4.99. The van der Waals surface area contributed by atoms with Crippen molar-refractivity contribution >= 4 is 11.6 Å². The van der Waals surface area contributed by atoms with Crippen molar-refractivity contribution in [2.24, 2.45) is 0 Å². The minimum absolute atomic E-state index is 0.0262. The predicted octanol–water partition coefficient (Wildman–Crippen LogP) is 3.97. The fourth-order valence-electron chi connectivity index (χ4n) is 2.39. The molecule has 110 valence electrons. The predicted molar refractivity (Wildman–Crippen MR) is 85.3 cm³/mol. The summed E-state index contributed by atoms with van der Waals surface area (Å²) >= 11 is 0. The van der Waals surface area contributed by atoms with Gasteiger partial charge in [0.1, 0.15) is 0 Å². The molecule has 2 aromatic rings. The number of benzene rings is 2. The topological polar surface area (TPSA) is 38.3 Å². The van der Waals surface area contributed by atoms with E-state index in [1.807, 2.05) is 61.5 Å². The first-order valence-corrected chi connectivity index (χ1v) is 7.18. The van der Waals surface area contributed by atoms with Gasteiger partial charge in [-0.05, 0) is 29.7 Å². The molecule has 1 N–H and O–H groups in total. The van der Waals surface area contributed by atoms with Gasteiger partial charge in [-0.2, -0.15) is 0 Å². The lowest BCUT2D eigenvalue weighted by Gasteiger charge is -2.16. The van der Waals surface area contributed by atoms with E-state index in [0.29, 0.717) is 6.61 Å². The lowest BCUT2D eigenvalue weighted by molar-refractivity contribution is -0.117. The SMILES string of the molecule is CC[C@@H](C(=O)Nc1cccc(COC)c1)c1ccccc1. The molecule has 1 atom stereocenters. The van der Waals surface area contributed by atoms with E-state index in [1.165, 1.54) is 0 Å². The van der Waals surface area contributed by atoms with Crippen LogP contribution >= 0.6 is 0 Å².